The van der Waals surface area contributed by atoms with Crippen molar-refractivity contribution in [2.75, 3.05) is 13.2 Å². The van der Waals surface area contributed by atoms with Gasteiger partial charge in [-0.25, -0.2) is 0 Å². The van der Waals surface area contributed by atoms with Gasteiger partial charge in [0.15, 0.2) is 0 Å². The summed E-state index contributed by atoms with van der Waals surface area (Å²) in [5, 5.41) is 0. The summed E-state index contributed by atoms with van der Waals surface area (Å²) in [6.45, 7) is 5.76. The van der Waals surface area contributed by atoms with E-state index in [2.05, 4.69) is 13.8 Å². The lowest BCUT2D eigenvalue weighted by atomic mass is 10.0. The van der Waals surface area contributed by atoms with Crippen LogP contribution in [0.25, 0.3) is 0 Å². The third kappa shape index (κ3) is 34.2. The van der Waals surface area contributed by atoms with Crippen LogP contribution in [-0.4, -0.2) is 13.2 Å². The van der Waals surface area contributed by atoms with E-state index in [0.29, 0.717) is 13.2 Å². The number of hydrogen-bond acceptors (Lipinski definition) is 3. The lowest BCUT2D eigenvalue weighted by Crippen LogP contribution is -1.92. The number of unbranched alkanes of at least 4 members (excludes halogenated alkanes) is 28. The minimum absolute atomic E-state index is 0.592. The van der Waals surface area contributed by atoms with Gasteiger partial charge >= 0.3 is 8.25 Å². The molecular formula is C34H71O3P. The maximum absolute atomic E-state index is 11.9. The Bertz CT molecular complexity index is 443. The van der Waals surface area contributed by atoms with Gasteiger partial charge < -0.3 is 9.05 Å². The molecule has 0 rings (SSSR count). The molecular weight excluding hydrogens is 487 g/mol. The Morgan fingerprint density at radius 1 is 0.316 bits per heavy atom. The summed E-state index contributed by atoms with van der Waals surface area (Å²) in [5.74, 6) is 0. The van der Waals surface area contributed by atoms with E-state index in [4.69, 9.17) is 9.05 Å². The topological polar surface area (TPSA) is 35.5 Å². The smallest absolute Gasteiger partial charge is 0.311 e. The van der Waals surface area contributed by atoms with Crippen molar-refractivity contribution in [3.05, 3.63) is 0 Å². The molecule has 0 amide bonds. The fraction of sp³-hybridized carbons (Fsp3) is 1.00. The highest BCUT2D eigenvalue weighted by Gasteiger charge is 2.01. The van der Waals surface area contributed by atoms with Crippen molar-refractivity contribution in [1.29, 1.82) is 0 Å². The first kappa shape index (κ1) is 38.1. The zero-order chi connectivity index (χ0) is 27.6. The predicted molar refractivity (Wildman–Crippen MR) is 171 cm³/mol. The Labute approximate surface area is 241 Å². The van der Waals surface area contributed by atoms with Crippen molar-refractivity contribution < 1.29 is 13.6 Å². The van der Waals surface area contributed by atoms with Gasteiger partial charge in [0.1, 0.15) is 0 Å². The highest BCUT2D eigenvalue weighted by atomic mass is 31.1. The number of rotatable bonds is 34. The molecule has 0 aromatic rings. The maximum Gasteiger partial charge on any atom is 0.319 e. The predicted octanol–water partition coefficient (Wildman–Crippen LogP) is 13.2. The molecule has 38 heavy (non-hydrogen) atoms. The van der Waals surface area contributed by atoms with Gasteiger partial charge in [0.05, 0.1) is 13.2 Å². The normalized spacial score (nSPS) is 12.4. The molecule has 0 N–H and O–H groups in total. The van der Waals surface area contributed by atoms with E-state index < -0.39 is 8.25 Å². The molecule has 0 saturated heterocycles. The van der Waals surface area contributed by atoms with Crippen LogP contribution >= 0.6 is 8.25 Å². The average Bonchev–Trinajstić information content (AvgIpc) is 2.92. The minimum Gasteiger partial charge on any atom is -0.311 e. The van der Waals surface area contributed by atoms with Crippen LogP contribution in [-0.2, 0) is 13.6 Å². The maximum atomic E-state index is 11.9. The second-order valence-electron chi connectivity index (χ2n) is 11.8. The first-order valence-electron chi connectivity index (χ1n) is 17.6. The Morgan fingerprint density at radius 3 is 0.711 bits per heavy atom. The summed E-state index contributed by atoms with van der Waals surface area (Å²) < 4.78 is 22.7. The molecule has 0 spiro atoms. The SMILES string of the molecule is CCCCCCCCCCCCCCCCCCO[PH](=O)OCCCCCCCCCCCCCCCC. The van der Waals surface area contributed by atoms with Gasteiger partial charge in [-0.2, -0.15) is 0 Å². The van der Waals surface area contributed by atoms with Crippen LogP contribution < -0.4 is 0 Å². The van der Waals surface area contributed by atoms with E-state index in [1.807, 2.05) is 0 Å². The van der Waals surface area contributed by atoms with Crippen LogP contribution in [0.1, 0.15) is 206 Å². The third-order valence-electron chi connectivity index (χ3n) is 7.94. The van der Waals surface area contributed by atoms with Crippen LogP contribution in [0.3, 0.4) is 0 Å². The van der Waals surface area contributed by atoms with Gasteiger partial charge in [-0.15, -0.1) is 0 Å². The quantitative estimate of drug-likeness (QED) is 0.0582. The highest BCUT2D eigenvalue weighted by Crippen LogP contribution is 2.25. The summed E-state index contributed by atoms with van der Waals surface area (Å²) in [5.41, 5.74) is 0. The molecule has 3 nitrogen and oxygen atoms in total. The van der Waals surface area contributed by atoms with Crippen LogP contribution in [0.15, 0.2) is 0 Å². The van der Waals surface area contributed by atoms with E-state index in [0.717, 1.165) is 12.8 Å². The molecule has 230 valence electrons. The highest BCUT2D eigenvalue weighted by molar-refractivity contribution is 7.33. The standard InChI is InChI=1S/C34H71O3P/c1-3-5-7-9-11-13-15-17-19-20-22-24-26-28-30-32-34-37-38(35)36-33-31-29-27-25-23-21-18-16-14-12-10-8-6-4-2/h38H,3-34H2,1-2H3. The Kier molecular flexibility index (Phi) is 35.3. The molecule has 0 aromatic heterocycles. The lowest BCUT2D eigenvalue weighted by molar-refractivity contribution is 0.218. The molecule has 0 heterocycles. The first-order chi connectivity index (χ1) is 18.8. The lowest BCUT2D eigenvalue weighted by Gasteiger charge is -2.06. The van der Waals surface area contributed by atoms with Gasteiger partial charge in [-0.1, -0.05) is 194 Å². The van der Waals surface area contributed by atoms with Gasteiger partial charge in [0, 0.05) is 0 Å². The van der Waals surface area contributed by atoms with Crippen molar-refractivity contribution in [3.63, 3.8) is 0 Å². The van der Waals surface area contributed by atoms with Crippen molar-refractivity contribution in [1.82, 2.24) is 0 Å². The monoisotopic (exact) mass is 559 g/mol. The summed E-state index contributed by atoms with van der Waals surface area (Å²) >= 11 is 0. The second kappa shape index (κ2) is 35.2. The molecule has 4 heteroatoms. The third-order valence-corrected chi connectivity index (χ3v) is 8.82. The zero-order valence-corrected chi connectivity index (χ0v) is 27.4. The van der Waals surface area contributed by atoms with Crippen molar-refractivity contribution >= 4 is 8.25 Å². The fourth-order valence-corrected chi connectivity index (χ4v) is 6.00. The van der Waals surface area contributed by atoms with Crippen molar-refractivity contribution in [2.24, 2.45) is 0 Å². The molecule has 0 aromatic carbocycles. The Balaban J connectivity index is 3.14. The molecule has 0 saturated carbocycles. The van der Waals surface area contributed by atoms with Gasteiger partial charge in [-0.05, 0) is 12.8 Å². The van der Waals surface area contributed by atoms with Crippen LogP contribution in [0.2, 0.25) is 0 Å². The molecule has 0 aliphatic heterocycles. The van der Waals surface area contributed by atoms with Crippen molar-refractivity contribution in [2.45, 2.75) is 206 Å². The fourth-order valence-electron chi connectivity index (χ4n) is 5.30. The Hall–Kier alpha value is 0.150. The number of hydrogen-bond donors (Lipinski definition) is 0. The molecule has 0 fully saturated rings. The van der Waals surface area contributed by atoms with Crippen LogP contribution in [0, 0.1) is 0 Å². The summed E-state index contributed by atoms with van der Waals surface area (Å²) in [6, 6.07) is 0. The zero-order valence-electron chi connectivity index (χ0n) is 26.4. The summed E-state index contributed by atoms with van der Waals surface area (Å²) in [4.78, 5) is 0. The molecule has 1 atom stereocenters. The van der Waals surface area contributed by atoms with E-state index in [9.17, 15) is 4.57 Å². The average molecular weight is 559 g/mol. The van der Waals surface area contributed by atoms with Crippen molar-refractivity contribution in [3.8, 4) is 0 Å². The van der Waals surface area contributed by atoms with Gasteiger partial charge in [-0.3, -0.25) is 4.57 Å². The van der Waals surface area contributed by atoms with Gasteiger partial charge in [0.2, 0.25) is 0 Å². The summed E-state index contributed by atoms with van der Waals surface area (Å²) in [6.07, 6.45) is 40.8. The van der Waals surface area contributed by atoms with E-state index in [1.54, 1.807) is 0 Å². The molecule has 1 unspecified atom stereocenters. The van der Waals surface area contributed by atoms with E-state index in [-0.39, 0.29) is 0 Å². The van der Waals surface area contributed by atoms with Crippen LogP contribution in [0.4, 0.5) is 0 Å². The van der Waals surface area contributed by atoms with Gasteiger partial charge in [0.25, 0.3) is 0 Å². The first-order valence-corrected chi connectivity index (χ1v) is 18.8. The van der Waals surface area contributed by atoms with Crippen LogP contribution in [0.5, 0.6) is 0 Å². The molecule has 0 bridgehead atoms. The molecule has 0 aliphatic carbocycles. The molecule has 0 radical (unpaired) electrons. The largest absolute Gasteiger partial charge is 0.319 e. The van der Waals surface area contributed by atoms with E-state index >= 15 is 0 Å². The Morgan fingerprint density at radius 2 is 0.500 bits per heavy atom. The minimum atomic E-state index is -2.28. The summed E-state index contributed by atoms with van der Waals surface area (Å²) in [7, 11) is -2.28. The molecule has 0 aliphatic rings. The second-order valence-corrected chi connectivity index (χ2v) is 12.9. The van der Waals surface area contributed by atoms with E-state index in [1.165, 1.54) is 180 Å².